The Hall–Kier alpha value is -1.88. The summed E-state index contributed by atoms with van der Waals surface area (Å²) < 4.78 is 0. The van der Waals surface area contributed by atoms with Crippen LogP contribution in [0, 0.1) is 5.92 Å². The molecule has 116 valence electrons. The zero-order valence-corrected chi connectivity index (χ0v) is 13.2. The van der Waals surface area contributed by atoms with Gasteiger partial charge in [-0.15, -0.1) is 0 Å². The molecule has 1 aromatic rings. The van der Waals surface area contributed by atoms with E-state index in [9.17, 15) is 9.59 Å². The minimum Gasteiger partial charge on any atom is -0.349 e. The second-order valence-electron chi connectivity index (χ2n) is 5.89. The van der Waals surface area contributed by atoms with Gasteiger partial charge in [-0.1, -0.05) is 26.0 Å². The highest BCUT2D eigenvalue weighted by Gasteiger charge is 2.15. The second kappa shape index (κ2) is 7.78. The van der Waals surface area contributed by atoms with Gasteiger partial charge in [0.05, 0.1) is 12.5 Å². The summed E-state index contributed by atoms with van der Waals surface area (Å²) in [6, 6.07) is 6.76. The Bertz CT molecular complexity index is 481. The van der Waals surface area contributed by atoms with E-state index in [1.807, 2.05) is 26.0 Å². The van der Waals surface area contributed by atoms with Crippen LogP contribution in [-0.2, 0) is 16.0 Å². The van der Waals surface area contributed by atoms with Crippen LogP contribution in [0.5, 0.6) is 0 Å². The molecule has 2 amide bonds. The molecule has 1 rings (SSSR count). The molecular formula is C16H25N3O2. The van der Waals surface area contributed by atoms with E-state index in [0.29, 0.717) is 24.4 Å². The van der Waals surface area contributed by atoms with Crippen molar-refractivity contribution in [3.05, 3.63) is 29.8 Å². The molecule has 0 radical (unpaired) electrons. The first kappa shape index (κ1) is 17.2. The summed E-state index contributed by atoms with van der Waals surface area (Å²) in [4.78, 5) is 25.1. The molecule has 0 aliphatic carbocycles. The number of nitrogens with two attached hydrogens (primary N) is 1. The van der Waals surface area contributed by atoms with E-state index in [1.165, 1.54) is 0 Å². The van der Waals surface area contributed by atoms with Gasteiger partial charge in [0.25, 0.3) is 0 Å². The van der Waals surface area contributed by atoms with Gasteiger partial charge >= 0.3 is 0 Å². The number of rotatable bonds is 6. The van der Waals surface area contributed by atoms with Crippen LogP contribution in [0.2, 0.25) is 0 Å². The van der Waals surface area contributed by atoms with Crippen molar-refractivity contribution in [1.82, 2.24) is 4.90 Å². The smallest absolute Gasteiger partial charge is 0.241 e. The Morgan fingerprint density at radius 1 is 1.19 bits per heavy atom. The van der Waals surface area contributed by atoms with Crippen LogP contribution >= 0.6 is 0 Å². The third kappa shape index (κ3) is 5.95. The number of nitrogens with one attached hydrogen (secondary N) is 1. The Balaban J connectivity index is 2.58. The Morgan fingerprint density at radius 3 is 2.24 bits per heavy atom. The molecule has 0 aliphatic rings. The molecule has 0 bridgehead atoms. The molecule has 3 N–H and O–H groups in total. The van der Waals surface area contributed by atoms with E-state index in [2.05, 4.69) is 5.32 Å². The van der Waals surface area contributed by atoms with Crippen LogP contribution < -0.4 is 11.1 Å². The zero-order valence-electron chi connectivity index (χ0n) is 13.2. The number of amides is 2. The van der Waals surface area contributed by atoms with Crippen molar-refractivity contribution in [2.45, 2.75) is 32.7 Å². The second-order valence-corrected chi connectivity index (χ2v) is 5.89. The number of carbonyl (C=O) groups is 2. The number of carbonyl (C=O) groups excluding carboxylic acids is 2. The van der Waals surface area contributed by atoms with E-state index in [4.69, 9.17) is 5.73 Å². The monoisotopic (exact) mass is 291 g/mol. The van der Waals surface area contributed by atoms with Crippen LogP contribution in [0.1, 0.15) is 25.8 Å². The first-order valence-electron chi connectivity index (χ1n) is 7.15. The Kier molecular flexibility index (Phi) is 6.37. The average molecular weight is 291 g/mol. The van der Waals surface area contributed by atoms with Gasteiger partial charge in [0.15, 0.2) is 0 Å². The van der Waals surface area contributed by atoms with Gasteiger partial charge in [0.2, 0.25) is 11.8 Å². The van der Waals surface area contributed by atoms with E-state index >= 15 is 0 Å². The third-order valence-electron chi connectivity index (χ3n) is 3.14. The van der Waals surface area contributed by atoms with Gasteiger partial charge in [-0.3, -0.25) is 9.59 Å². The predicted molar refractivity (Wildman–Crippen MR) is 84.9 cm³/mol. The lowest BCUT2D eigenvalue weighted by Gasteiger charge is -2.14. The van der Waals surface area contributed by atoms with Crippen molar-refractivity contribution in [2.75, 3.05) is 19.4 Å². The van der Waals surface area contributed by atoms with Crippen molar-refractivity contribution in [2.24, 2.45) is 11.7 Å². The molecule has 5 heteroatoms. The zero-order chi connectivity index (χ0) is 16.0. The number of nitrogens with zero attached hydrogens (tertiary/aromatic N) is 1. The molecule has 0 saturated carbocycles. The average Bonchev–Trinajstić information content (AvgIpc) is 2.39. The third-order valence-corrected chi connectivity index (χ3v) is 3.14. The van der Waals surface area contributed by atoms with Crippen molar-refractivity contribution < 1.29 is 9.59 Å². The SMILES string of the molecule is CC(C)CC(N)C(=O)Nc1ccc(CC(=O)N(C)C)cc1. The maximum atomic E-state index is 11.9. The fraction of sp³-hybridized carbons (Fsp3) is 0.500. The molecule has 1 atom stereocenters. The number of benzene rings is 1. The maximum Gasteiger partial charge on any atom is 0.241 e. The molecule has 0 spiro atoms. The summed E-state index contributed by atoms with van der Waals surface area (Å²) in [7, 11) is 3.46. The Labute approximate surface area is 126 Å². The molecule has 0 fully saturated rings. The highest BCUT2D eigenvalue weighted by molar-refractivity contribution is 5.94. The van der Waals surface area contributed by atoms with Crippen molar-refractivity contribution in [3.63, 3.8) is 0 Å². The summed E-state index contributed by atoms with van der Waals surface area (Å²) >= 11 is 0. The van der Waals surface area contributed by atoms with Crippen LogP contribution in [0.15, 0.2) is 24.3 Å². The molecule has 21 heavy (non-hydrogen) atoms. The standard InChI is InChI=1S/C16H25N3O2/c1-11(2)9-14(17)16(21)18-13-7-5-12(6-8-13)10-15(20)19(3)4/h5-8,11,14H,9-10,17H2,1-4H3,(H,18,21). The van der Waals surface area contributed by atoms with Gasteiger partial charge in [-0.2, -0.15) is 0 Å². The lowest BCUT2D eigenvalue weighted by atomic mass is 10.0. The number of hydrogen-bond acceptors (Lipinski definition) is 3. The topological polar surface area (TPSA) is 75.4 Å². The van der Waals surface area contributed by atoms with Gasteiger partial charge in [0, 0.05) is 19.8 Å². The molecule has 0 aliphatic heterocycles. The maximum absolute atomic E-state index is 11.9. The minimum atomic E-state index is -0.500. The van der Waals surface area contributed by atoms with Crippen molar-refractivity contribution >= 4 is 17.5 Å². The molecular weight excluding hydrogens is 266 g/mol. The van der Waals surface area contributed by atoms with E-state index < -0.39 is 6.04 Å². The lowest BCUT2D eigenvalue weighted by Crippen LogP contribution is -2.36. The van der Waals surface area contributed by atoms with Crippen LogP contribution in [-0.4, -0.2) is 36.9 Å². The van der Waals surface area contributed by atoms with Gasteiger partial charge in [-0.05, 0) is 30.0 Å². The van der Waals surface area contributed by atoms with Crippen molar-refractivity contribution in [1.29, 1.82) is 0 Å². The predicted octanol–water partition coefficient (Wildman–Crippen LogP) is 1.63. The fourth-order valence-corrected chi connectivity index (χ4v) is 1.89. The first-order valence-corrected chi connectivity index (χ1v) is 7.15. The molecule has 1 unspecified atom stereocenters. The minimum absolute atomic E-state index is 0.0470. The number of hydrogen-bond donors (Lipinski definition) is 2. The van der Waals surface area contributed by atoms with E-state index in [-0.39, 0.29) is 11.8 Å². The quantitative estimate of drug-likeness (QED) is 0.836. The van der Waals surface area contributed by atoms with Crippen LogP contribution in [0.4, 0.5) is 5.69 Å². The summed E-state index contributed by atoms with van der Waals surface area (Å²) in [6.45, 7) is 4.06. The van der Waals surface area contributed by atoms with Gasteiger partial charge in [0.1, 0.15) is 0 Å². The summed E-state index contributed by atoms with van der Waals surface area (Å²) in [5.74, 6) is 0.247. The molecule has 5 nitrogen and oxygen atoms in total. The Morgan fingerprint density at radius 2 is 1.76 bits per heavy atom. The first-order chi connectivity index (χ1) is 9.79. The molecule has 0 aromatic heterocycles. The highest BCUT2D eigenvalue weighted by Crippen LogP contribution is 2.12. The van der Waals surface area contributed by atoms with Gasteiger partial charge in [-0.25, -0.2) is 0 Å². The lowest BCUT2D eigenvalue weighted by molar-refractivity contribution is -0.128. The summed E-state index contributed by atoms with van der Waals surface area (Å²) in [5, 5.41) is 2.79. The highest BCUT2D eigenvalue weighted by atomic mass is 16.2. The largest absolute Gasteiger partial charge is 0.349 e. The summed E-state index contributed by atoms with van der Waals surface area (Å²) in [6.07, 6.45) is 1.01. The van der Waals surface area contributed by atoms with E-state index in [0.717, 1.165) is 5.56 Å². The van der Waals surface area contributed by atoms with Gasteiger partial charge < -0.3 is 16.0 Å². The van der Waals surface area contributed by atoms with Crippen molar-refractivity contribution in [3.8, 4) is 0 Å². The summed E-state index contributed by atoms with van der Waals surface area (Å²) in [5.41, 5.74) is 7.44. The number of likely N-dealkylation sites (N-methyl/N-ethyl adjacent to an activating group) is 1. The fourth-order valence-electron chi connectivity index (χ4n) is 1.89. The number of anilines is 1. The van der Waals surface area contributed by atoms with Crippen LogP contribution in [0.3, 0.4) is 0 Å². The molecule has 0 heterocycles. The normalized spacial score (nSPS) is 12.1. The molecule has 1 aromatic carbocycles. The van der Waals surface area contributed by atoms with E-state index in [1.54, 1.807) is 31.1 Å². The molecule has 0 saturated heterocycles. The van der Waals surface area contributed by atoms with Crippen LogP contribution in [0.25, 0.3) is 0 Å².